The van der Waals surface area contributed by atoms with E-state index in [9.17, 15) is 0 Å². The molecular formula is C8H9BrN4S2. The topological polar surface area (TPSA) is 56.7 Å². The second-order valence-electron chi connectivity index (χ2n) is 2.92. The van der Waals surface area contributed by atoms with Gasteiger partial charge in [0, 0.05) is 27.5 Å². The normalized spacial score (nSPS) is 10.8. The summed E-state index contributed by atoms with van der Waals surface area (Å²) >= 11 is 6.78. The number of thiophene rings is 1. The first-order valence-electron chi connectivity index (χ1n) is 4.17. The van der Waals surface area contributed by atoms with Crippen molar-refractivity contribution in [3.63, 3.8) is 0 Å². The van der Waals surface area contributed by atoms with Gasteiger partial charge in [-0.25, -0.2) is 0 Å². The first-order valence-corrected chi connectivity index (χ1v) is 6.83. The van der Waals surface area contributed by atoms with Crippen molar-refractivity contribution in [2.45, 2.75) is 10.9 Å². The molecule has 15 heavy (non-hydrogen) atoms. The Morgan fingerprint density at radius 1 is 1.60 bits per heavy atom. The number of halogens is 1. The van der Waals surface area contributed by atoms with E-state index in [4.69, 9.17) is 5.73 Å². The van der Waals surface area contributed by atoms with Crippen LogP contribution >= 0.6 is 39.0 Å². The molecule has 0 aromatic carbocycles. The van der Waals surface area contributed by atoms with E-state index in [1.807, 2.05) is 7.05 Å². The van der Waals surface area contributed by atoms with Gasteiger partial charge in [-0.1, -0.05) is 11.8 Å². The molecule has 2 aromatic heterocycles. The highest BCUT2D eigenvalue weighted by atomic mass is 79.9. The Bertz CT molecular complexity index is 465. The molecule has 0 saturated heterocycles. The van der Waals surface area contributed by atoms with Gasteiger partial charge in [0.05, 0.1) is 0 Å². The summed E-state index contributed by atoms with van der Waals surface area (Å²) in [6.45, 7) is 0. The van der Waals surface area contributed by atoms with Crippen LogP contribution in [0.2, 0.25) is 0 Å². The summed E-state index contributed by atoms with van der Waals surface area (Å²) in [6, 6.07) is 2.11. The number of hydrogen-bond donors (Lipinski definition) is 1. The van der Waals surface area contributed by atoms with E-state index in [-0.39, 0.29) is 0 Å². The summed E-state index contributed by atoms with van der Waals surface area (Å²) in [6.07, 6.45) is 0. The second kappa shape index (κ2) is 4.54. The molecule has 0 saturated carbocycles. The van der Waals surface area contributed by atoms with Crippen LogP contribution in [-0.2, 0) is 12.8 Å². The summed E-state index contributed by atoms with van der Waals surface area (Å²) in [5, 5.41) is 10.7. The third kappa shape index (κ3) is 2.53. The summed E-state index contributed by atoms with van der Waals surface area (Å²) in [5.74, 6) is 1.34. The van der Waals surface area contributed by atoms with Crippen LogP contribution < -0.4 is 5.73 Å². The van der Waals surface area contributed by atoms with Crippen LogP contribution in [-0.4, -0.2) is 14.8 Å². The second-order valence-corrected chi connectivity index (χ2v) is 5.77. The van der Waals surface area contributed by atoms with E-state index in [1.54, 1.807) is 27.7 Å². The Balaban J connectivity index is 2.02. The highest BCUT2D eigenvalue weighted by molar-refractivity contribution is 9.10. The van der Waals surface area contributed by atoms with Gasteiger partial charge in [-0.05, 0) is 22.0 Å². The third-order valence-corrected chi connectivity index (χ3v) is 4.78. The van der Waals surface area contributed by atoms with E-state index in [0.29, 0.717) is 5.95 Å². The van der Waals surface area contributed by atoms with Crippen molar-refractivity contribution in [3.8, 4) is 0 Å². The zero-order valence-corrected chi connectivity index (χ0v) is 11.2. The summed E-state index contributed by atoms with van der Waals surface area (Å²) in [7, 11) is 1.86. The minimum absolute atomic E-state index is 0.449. The van der Waals surface area contributed by atoms with Crippen LogP contribution in [0, 0.1) is 0 Å². The molecule has 7 heteroatoms. The van der Waals surface area contributed by atoms with Crippen molar-refractivity contribution in [1.82, 2.24) is 14.8 Å². The largest absolute Gasteiger partial charge is 0.368 e. The van der Waals surface area contributed by atoms with Crippen LogP contribution in [0.3, 0.4) is 0 Å². The van der Waals surface area contributed by atoms with Crippen molar-refractivity contribution in [3.05, 3.63) is 20.8 Å². The van der Waals surface area contributed by atoms with Crippen LogP contribution in [0.1, 0.15) is 4.88 Å². The minimum atomic E-state index is 0.449. The molecule has 0 unspecified atom stereocenters. The van der Waals surface area contributed by atoms with Gasteiger partial charge in [0.2, 0.25) is 5.95 Å². The smallest absolute Gasteiger partial charge is 0.222 e. The molecule has 0 fully saturated rings. The van der Waals surface area contributed by atoms with Crippen LogP contribution in [0.5, 0.6) is 0 Å². The molecule has 2 heterocycles. The lowest BCUT2D eigenvalue weighted by molar-refractivity contribution is 0.796. The number of nitrogen functional groups attached to an aromatic ring is 1. The van der Waals surface area contributed by atoms with Crippen molar-refractivity contribution in [2.75, 3.05) is 5.73 Å². The van der Waals surface area contributed by atoms with Crippen LogP contribution in [0.4, 0.5) is 5.95 Å². The first kappa shape index (κ1) is 11.0. The molecule has 0 aliphatic heterocycles. The lowest BCUT2D eigenvalue weighted by Gasteiger charge is -1.98. The van der Waals surface area contributed by atoms with Gasteiger partial charge >= 0.3 is 0 Å². The molecule has 0 aliphatic rings. The van der Waals surface area contributed by atoms with Gasteiger partial charge in [0.1, 0.15) is 0 Å². The monoisotopic (exact) mass is 304 g/mol. The quantitative estimate of drug-likeness (QED) is 0.885. The standard InChI is InChI=1S/C8H9BrN4S2/c1-13-7(10)11-12-8(13)15-4-6-2-5(9)3-14-6/h2-3H,4H2,1H3,(H2,10,11). The van der Waals surface area contributed by atoms with Crippen molar-refractivity contribution in [1.29, 1.82) is 0 Å². The number of hydrogen-bond acceptors (Lipinski definition) is 5. The maximum atomic E-state index is 5.58. The average molecular weight is 305 g/mol. The molecule has 0 atom stereocenters. The molecule has 2 aromatic rings. The van der Waals surface area contributed by atoms with Gasteiger partial charge in [-0.2, -0.15) is 0 Å². The van der Waals surface area contributed by atoms with Gasteiger partial charge in [0.25, 0.3) is 0 Å². The molecule has 0 bridgehead atoms. The Labute approximate surface area is 104 Å². The number of rotatable bonds is 3. The Kier molecular flexibility index (Phi) is 3.32. The fourth-order valence-corrected chi connectivity index (χ4v) is 3.44. The fraction of sp³-hybridized carbons (Fsp3) is 0.250. The highest BCUT2D eigenvalue weighted by Crippen LogP contribution is 2.27. The Morgan fingerprint density at radius 3 is 2.93 bits per heavy atom. The SMILES string of the molecule is Cn1c(N)nnc1SCc1cc(Br)cs1. The molecule has 4 nitrogen and oxygen atoms in total. The van der Waals surface area contributed by atoms with Crippen molar-refractivity contribution < 1.29 is 0 Å². The van der Waals surface area contributed by atoms with E-state index < -0.39 is 0 Å². The number of thioether (sulfide) groups is 1. The van der Waals surface area contributed by atoms with E-state index in [1.165, 1.54) is 4.88 Å². The zero-order chi connectivity index (χ0) is 10.8. The summed E-state index contributed by atoms with van der Waals surface area (Å²) < 4.78 is 2.91. The first-order chi connectivity index (χ1) is 7.16. The van der Waals surface area contributed by atoms with Crippen molar-refractivity contribution >= 4 is 45.0 Å². The van der Waals surface area contributed by atoms with E-state index >= 15 is 0 Å². The Hall–Kier alpha value is -0.530. The number of aromatic nitrogens is 3. The number of anilines is 1. The van der Waals surface area contributed by atoms with Crippen molar-refractivity contribution in [2.24, 2.45) is 7.05 Å². The highest BCUT2D eigenvalue weighted by Gasteiger charge is 2.07. The lowest BCUT2D eigenvalue weighted by Crippen LogP contribution is -1.97. The van der Waals surface area contributed by atoms with Gasteiger partial charge in [-0.3, -0.25) is 4.57 Å². The molecule has 80 valence electrons. The predicted octanol–water partition coefficient (Wildman–Crippen LogP) is 2.51. The molecule has 2 N–H and O–H groups in total. The predicted molar refractivity (Wildman–Crippen MR) is 67.0 cm³/mol. The van der Waals surface area contributed by atoms with Gasteiger partial charge in [0.15, 0.2) is 5.16 Å². The molecule has 0 aliphatic carbocycles. The minimum Gasteiger partial charge on any atom is -0.368 e. The zero-order valence-electron chi connectivity index (χ0n) is 7.98. The lowest BCUT2D eigenvalue weighted by atomic mass is 10.5. The molecular weight excluding hydrogens is 296 g/mol. The van der Waals surface area contributed by atoms with Crippen LogP contribution in [0.15, 0.2) is 21.1 Å². The summed E-state index contributed by atoms with van der Waals surface area (Å²) in [4.78, 5) is 1.30. The van der Waals surface area contributed by atoms with E-state index in [0.717, 1.165) is 15.4 Å². The molecule has 0 radical (unpaired) electrons. The number of nitrogens with zero attached hydrogens (tertiary/aromatic N) is 3. The van der Waals surface area contributed by atoms with Gasteiger partial charge in [-0.15, -0.1) is 21.5 Å². The fourth-order valence-electron chi connectivity index (χ4n) is 1.02. The third-order valence-electron chi connectivity index (χ3n) is 1.83. The van der Waals surface area contributed by atoms with E-state index in [2.05, 4.69) is 37.6 Å². The molecule has 0 amide bonds. The molecule has 0 spiro atoms. The average Bonchev–Trinajstić information content (AvgIpc) is 2.74. The maximum absolute atomic E-state index is 5.58. The maximum Gasteiger partial charge on any atom is 0.222 e. The number of nitrogens with two attached hydrogens (primary N) is 1. The summed E-state index contributed by atoms with van der Waals surface area (Å²) in [5.41, 5.74) is 5.58. The van der Waals surface area contributed by atoms with Crippen LogP contribution in [0.25, 0.3) is 0 Å². The Morgan fingerprint density at radius 2 is 2.40 bits per heavy atom. The van der Waals surface area contributed by atoms with Gasteiger partial charge < -0.3 is 5.73 Å². The molecule has 2 rings (SSSR count).